The Morgan fingerprint density at radius 2 is 1.82 bits per heavy atom. The summed E-state index contributed by atoms with van der Waals surface area (Å²) < 4.78 is 11.0. The van der Waals surface area contributed by atoms with Crippen LogP contribution in [0.4, 0.5) is 0 Å². The minimum Gasteiger partial charge on any atom is -0.491 e. The maximum absolute atomic E-state index is 9.57. The van der Waals surface area contributed by atoms with Gasteiger partial charge in [0.2, 0.25) is 0 Å². The van der Waals surface area contributed by atoms with Crippen LogP contribution in [0.1, 0.15) is 32.4 Å². The Labute approximate surface area is 103 Å². The van der Waals surface area contributed by atoms with Gasteiger partial charge >= 0.3 is 0 Å². The molecule has 1 aromatic carbocycles. The Bertz CT molecular complexity index is 321. The van der Waals surface area contributed by atoms with E-state index in [-0.39, 0.29) is 0 Å². The first-order chi connectivity index (χ1) is 8.11. The minimum atomic E-state index is -0.511. The van der Waals surface area contributed by atoms with Gasteiger partial charge in [0.05, 0.1) is 12.7 Å². The van der Waals surface area contributed by atoms with Gasteiger partial charge in [0.15, 0.2) is 0 Å². The van der Waals surface area contributed by atoms with E-state index in [0.29, 0.717) is 19.1 Å². The smallest absolute Gasteiger partial charge is 0.125 e. The van der Waals surface area contributed by atoms with Crippen LogP contribution in [0.5, 0.6) is 5.75 Å². The molecule has 0 saturated carbocycles. The second kappa shape index (κ2) is 7.30. The maximum atomic E-state index is 9.57. The SMILES string of the molecule is CC(C)COCCOc1ccccc1[C@@H](C)O. The Morgan fingerprint density at radius 1 is 1.12 bits per heavy atom. The number of aliphatic hydroxyl groups is 1. The molecule has 0 aliphatic rings. The van der Waals surface area contributed by atoms with Crippen molar-refractivity contribution in [3.63, 3.8) is 0 Å². The van der Waals surface area contributed by atoms with Crippen LogP contribution in [-0.2, 0) is 4.74 Å². The zero-order valence-electron chi connectivity index (χ0n) is 10.8. The first-order valence-corrected chi connectivity index (χ1v) is 6.08. The van der Waals surface area contributed by atoms with Crippen LogP contribution in [0.2, 0.25) is 0 Å². The number of rotatable bonds is 7. The van der Waals surface area contributed by atoms with Crippen molar-refractivity contribution < 1.29 is 14.6 Å². The molecule has 0 fully saturated rings. The molecule has 0 spiro atoms. The van der Waals surface area contributed by atoms with E-state index in [4.69, 9.17) is 9.47 Å². The lowest BCUT2D eigenvalue weighted by molar-refractivity contribution is 0.0805. The lowest BCUT2D eigenvalue weighted by Gasteiger charge is -2.13. The lowest BCUT2D eigenvalue weighted by atomic mass is 10.1. The third-order valence-electron chi connectivity index (χ3n) is 2.31. The molecule has 96 valence electrons. The Balaban J connectivity index is 2.36. The molecule has 0 aliphatic heterocycles. The maximum Gasteiger partial charge on any atom is 0.125 e. The Kier molecular flexibility index (Phi) is 6.01. The average molecular weight is 238 g/mol. The molecule has 0 unspecified atom stereocenters. The van der Waals surface area contributed by atoms with E-state index in [1.54, 1.807) is 6.92 Å². The van der Waals surface area contributed by atoms with Crippen molar-refractivity contribution in [2.45, 2.75) is 26.9 Å². The fourth-order valence-corrected chi connectivity index (χ4v) is 1.49. The lowest BCUT2D eigenvalue weighted by Crippen LogP contribution is -2.11. The van der Waals surface area contributed by atoms with Crippen molar-refractivity contribution in [2.24, 2.45) is 5.92 Å². The summed E-state index contributed by atoms with van der Waals surface area (Å²) in [5, 5.41) is 9.57. The van der Waals surface area contributed by atoms with Gasteiger partial charge < -0.3 is 14.6 Å². The summed E-state index contributed by atoms with van der Waals surface area (Å²) >= 11 is 0. The third kappa shape index (κ3) is 5.20. The Morgan fingerprint density at radius 3 is 2.47 bits per heavy atom. The van der Waals surface area contributed by atoms with Crippen molar-refractivity contribution in [3.05, 3.63) is 29.8 Å². The van der Waals surface area contributed by atoms with E-state index < -0.39 is 6.10 Å². The quantitative estimate of drug-likeness (QED) is 0.742. The zero-order valence-corrected chi connectivity index (χ0v) is 10.8. The van der Waals surface area contributed by atoms with Gasteiger partial charge in [-0.2, -0.15) is 0 Å². The highest BCUT2D eigenvalue weighted by Crippen LogP contribution is 2.24. The largest absolute Gasteiger partial charge is 0.491 e. The Hall–Kier alpha value is -1.06. The van der Waals surface area contributed by atoms with Crippen molar-refractivity contribution in [3.8, 4) is 5.75 Å². The summed E-state index contributed by atoms with van der Waals surface area (Å²) in [6.07, 6.45) is -0.511. The van der Waals surface area contributed by atoms with E-state index in [0.717, 1.165) is 17.9 Å². The molecule has 1 aromatic rings. The number of para-hydroxylation sites is 1. The molecule has 0 aliphatic carbocycles. The van der Waals surface area contributed by atoms with Crippen molar-refractivity contribution in [1.82, 2.24) is 0 Å². The predicted octanol–water partition coefficient (Wildman–Crippen LogP) is 2.79. The van der Waals surface area contributed by atoms with Crippen molar-refractivity contribution in [2.75, 3.05) is 19.8 Å². The third-order valence-corrected chi connectivity index (χ3v) is 2.31. The molecule has 1 rings (SSSR count). The van der Waals surface area contributed by atoms with E-state index in [2.05, 4.69) is 13.8 Å². The van der Waals surface area contributed by atoms with E-state index in [1.807, 2.05) is 24.3 Å². The van der Waals surface area contributed by atoms with Gasteiger partial charge in [-0.15, -0.1) is 0 Å². The second-order valence-electron chi connectivity index (χ2n) is 4.53. The monoisotopic (exact) mass is 238 g/mol. The van der Waals surface area contributed by atoms with Crippen molar-refractivity contribution >= 4 is 0 Å². The van der Waals surface area contributed by atoms with Gasteiger partial charge in [-0.25, -0.2) is 0 Å². The molecule has 0 radical (unpaired) electrons. The standard InChI is InChI=1S/C14H22O3/c1-11(2)10-16-8-9-17-14-7-5-4-6-13(14)12(3)15/h4-7,11-12,15H,8-10H2,1-3H3/t12-/m1/s1. The fourth-order valence-electron chi connectivity index (χ4n) is 1.49. The van der Waals surface area contributed by atoms with Crippen LogP contribution in [-0.4, -0.2) is 24.9 Å². The fraction of sp³-hybridized carbons (Fsp3) is 0.571. The number of benzene rings is 1. The van der Waals surface area contributed by atoms with Gasteiger partial charge in [0, 0.05) is 12.2 Å². The van der Waals surface area contributed by atoms with Crippen LogP contribution >= 0.6 is 0 Å². The molecule has 1 N–H and O–H groups in total. The summed E-state index contributed by atoms with van der Waals surface area (Å²) in [5.74, 6) is 1.27. The van der Waals surface area contributed by atoms with Crippen LogP contribution in [0.25, 0.3) is 0 Å². The first-order valence-electron chi connectivity index (χ1n) is 6.08. The summed E-state index contributed by atoms with van der Waals surface area (Å²) in [4.78, 5) is 0. The van der Waals surface area contributed by atoms with Gasteiger partial charge in [0.25, 0.3) is 0 Å². The molecule has 1 atom stereocenters. The minimum absolute atomic E-state index is 0.510. The van der Waals surface area contributed by atoms with E-state index in [9.17, 15) is 5.11 Å². The first kappa shape index (κ1) is 14.0. The molecule has 3 nitrogen and oxygen atoms in total. The van der Waals surface area contributed by atoms with Crippen LogP contribution in [0.3, 0.4) is 0 Å². The number of aliphatic hydroxyl groups excluding tert-OH is 1. The number of ether oxygens (including phenoxy) is 2. The highest BCUT2D eigenvalue weighted by atomic mass is 16.5. The average Bonchev–Trinajstić information content (AvgIpc) is 2.28. The van der Waals surface area contributed by atoms with Crippen LogP contribution in [0.15, 0.2) is 24.3 Å². The normalized spacial score (nSPS) is 12.8. The van der Waals surface area contributed by atoms with E-state index in [1.165, 1.54) is 0 Å². The van der Waals surface area contributed by atoms with Gasteiger partial charge in [-0.3, -0.25) is 0 Å². The molecule has 0 aromatic heterocycles. The summed E-state index contributed by atoms with van der Waals surface area (Å²) in [6, 6.07) is 7.53. The molecule has 17 heavy (non-hydrogen) atoms. The molecule has 0 bridgehead atoms. The zero-order chi connectivity index (χ0) is 12.7. The molecule has 3 heteroatoms. The summed E-state index contributed by atoms with van der Waals surface area (Å²) in [7, 11) is 0. The molecular formula is C14H22O3. The van der Waals surface area contributed by atoms with Gasteiger partial charge in [0.1, 0.15) is 12.4 Å². The molecule has 0 amide bonds. The number of hydrogen-bond acceptors (Lipinski definition) is 3. The summed E-state index contributed by atoms with van der Waals surface area (Å²) in [6.45, 7) is 7.80. The summed E-state index contributed by atoms with van der Waals surface area (Å²) in [5.41, 5.74) is 0.816. The molecule has 0 saturated heterocycles. The number of hydrogen-bond donors (Lipinski definition) is 1. The van der Waals surface area contributed by atoms with Crippen molar-refractivity contribution in [1.29, 1.82) is 0 Å². The van der Waals surface area contributed by atoms with E-state index >= 15 is 0 Å². The molecule has 0 heterocycles. The van der Waals surface area contributed by atoms with Gasteiger partial charge in [-0.1, -0.05) is 32.0 Å². The van der Waals surface area contributed by atoms with Crippen LogP contribution in [0, 0.1) is 5.92 Å². The second-order valence-corrected chi connectivity index (χ2v) is 4.53. The van der Waals surface area contributed by atoms with Crippen LogP contribution < -0.4 is 4.74 Å². The molecular weight excluding hydrogens is 216 g/mol. The topological polar surface area (TPSA) is 38.7 Å². The predicted molar refractivity (Wildman–Crippen MR) is 68.2 cm³/mol. The highest BCUT2D eigenvalue weighted by Gasteiger charge is 2.07. The van der Waals surface area contributed by atoms with Gasteiger partial charge in [-0.05, 0) is 18.9 Å². The highest BCUT2D eigenvalue weighted by molar-refractivity contribution is 5.34.